The van der Waals surface area contributed by atoms with Crippen LogP contribution in [-0.2, 0) is 25.9 Å². The molecule has 3 heterocycles. The zero-order valence-corrected chi connectivity index (χ0v) is 21.7. The molecule has 2 saturated heterocycles. The molecule has 1 N–H and O–H groups in total. The fourth-order valence-electron chi connectivity index (χ4n) is 4.83. The van der Waals surface area contributed by atoms with E-state index in [-0.39, 0.29) is 47.9 Å². The second-order valence-corrected chi connectivity index (χ2v) is 10.8. The number of piperidine rings is 1. The van der Waals surface area contributed by atoms with Gasteiger partial charge in [-0.05, 0) is 36.2 Å². The van der Waals surface area contributed by atoms with Gasteiger partial charge in [0.2, 0.25) is 0 Å². The topological polar surface area (TPSA) is 114 Å². The molecule has 3 aromatic rings. The number of alkyl halides is 3. The van der Waals surface area contributed by atoms with E-state index in [0.29, 0.717) is 0 Å². The minimum Gasteiger partial charge on any atom is -0.495 e. The van der Waals surface area contributed by atoms with Crippen LogP contribution in [0, 0.1) is 5.82 Å². The van der Waals surface area contributed by atoms with Crippen molar-refractivity contribution in [3.8, 4) is 16.9 Å². The molecule has 1 amide bonds. The van der Waals surface area contributed by atoms with Crippen LogP contribution in [0.3, 0.4) is 0 Å². The lowest BCUT2D eigenvalue weighted by atomic mass is 9.97. The van der Waals surface area contributed by atoms with Gasteiger partial charge in [0.1, 0.15) is 30.3 Å². The van der Waals surface area contributed by atoms with Crippen LogP contribution in [0.2, 0.25) is 0 Å². The van der Waals surface area contributed by atoms with Crippen LogP contribution in [0.15, 0.2) is 55.0 Å². The Morgan fingerprint density at radius 2 is 1.98 bits per heavy atom. The smallest absolute Gasteiger partial charge is 0.416 e. The molecule has 5 rings (SSSR count). The van der Waals surface area contributed by atoms with Crippen molar-refractivity contribution < 1.29 is 40.2 Å². The number of fused-ring (bicyclic) bond motifs is 1. The van der Waals surface area contributed by atoms with Crippen LogP contribution in [0.25, 0.3) is 11.1 Å². The molecule has 0 bridgehead atoms. The third-order valence-electron chi connectivity index (χ3n) is 6.69. The Labute approximate surface area is 226 Å². The molecule has 0 saturated carbocycles. The average molecular weight is 582 g/mol. The molecular weight excluding hydrogens is 558 g/mol. The van der Waals surface area contributed by atoms with Crippen molar-refractivity contribution in [2.45, 2.75) is 24.7 Å². The van der Waals surface area contributed by atoms with Crippen molar-refractivity contribution in [2.75, 3.05) is 36.4 Å². The van der Waals surface area contributed by atoms with Crippen molar-refractivity contribution >= 4 is 27.6 Å². The third kappa shape index (κ3) is 5.44. The minimum absolute atomic E-state index is 0.0157. The first-order chi connectivity index (χ1) is 19.0. The number of hydrogen-bond acceptors (Lipinski definition) is 7. The number of nitrogens with one attached hydrogen (secondary N) is 1. The molecule has 15 heteroatoms. The molecule has 2 aliphatic rings. The summed E-state index contributed by atoms with van der Waals surface area (Å²) in [5.41, 5.74) is -1.03. The average Bonchev–Trinajstić information content (AvgIpc) is 2.92. The number of morpholine rings is 1. The van der Waals surface area contributed by atoms with Crippen LogP contribution in [-0.4, -0.2) is 67.6 Å². The molecule has 2 fully saturated rings. The maximum atomic E-state index is 15.4. The van der Waals surface area contributed by atoms with Gasteiger partial charge in [0.25, 0.3) is 5.91 Å². The van der Waals surface area contributed by atoms with Crippen molar-refractivity contribution in [3.05, 3.63) is 66.4 Å². The van der Waals surface area contributed by atoms with Crippen molar-refractivity contribution in [1.29, 1.82) is 0 Å². The molecule has 2 aromatic carbocycles. The van der Waals surface area contributed by atoms with Crippen LogP contribution < -0.4 is 14.4 Å². The van der Waals surface area contributed by atoms with Crippen molar-refractivity contribution in [3.63, 3.8) is 0 Å². The highest BCUT2D eigenvalue weighted by Gasteiger charge is 2.44. The molecule has 0 spiro atoms. The monoisotopic (exact) mass is 581 g/mol. The summed E-state index contributed by atoms with van der Waals surface area (Å²) in [6, 6.07) is 7.25. The molecule has 0 radical (unpaired) electrons. The standard InChI is InChI=1S/C25H23F4N5O5S/c1-38-21-10-17(15-3-2-4-16(9-15)25(27,28)29)18(26)11-20(21)34-19-6-8-33(12-22(19)39-13-24(34)35)40(36,37)32-23-5-7-30-14-31-23/h2-5,7,9-11,14,19,22H,6,8,12-13H2,1H3,(H,30,31,32)/t19-,22-/m1/s1. The number of anilines is 2. The van der Waals surface area contributed by atoms with Gasteiger partial charge in [0.05, 0.1) is 30.5 Å². The Balaban J connectivity index is 1.43. The van der Waals surface area contributed by atoms with E-state index in [9.17, 15) is 26.4 Å². The number of aromatic nitrogens is 2. The summed E-state index contributed by atoms with van der Waals surface area (Å²) < 4.78 is 95.6. The zero-order valence-electron chi connectivity index (χ0n) is 20.9. The highest BCUT2D eigenvalue weighted by atomic mass is 32.2. The Morgan fingerprint density at radius 1 is 1.18 bits per heavy atom. The normalized spacial score (nSPS) is 20.2. The molecule has 2 atom stereocenters. The lowest BCUT2D eigenvalue weighted by molar-refractivity contribution is -0.137. The summed E-state index contributed by atoms with van der Waals surface area (Å²) in [6.07, 6.45) is -2.62. The first-order valence-electron chi connectivity index (χ1n) is 12.0. The van der Waals surface area contributed by atoms with Crippen LogP contribution in [0.1, 0.15) is 12.0 Å². The van der Waals surface area contributed by atoms with Crippen LogP contribution in [0.5, 0.6) is 5.75 Å². The largest absolute Gasteiger partial charge is 0.495 e. The maximum absolute atomic E-state index is 15.4. The number of hydrogen-bond donors (Lipinski definition) is 1. The Morgan fingerprint density at radius 3 is 2.67 bits per heavy atom. The lowest BCUT2D eigenvalue weighted by Crippen LogP contribution is -2.62. The lowest BCUT2D eigenvalue weighted by Gasteiger charge is -2.46. The number of nitrogens with zero attached hydrogens (tertiary/aromatic N) is 4. The van der Waals surface area contributed by atoms with Gasteiger partial charge in [-0.3, -0.25) is 9.52 Å². The van der Waals surface area contributed by atoms with Gasteiger partial charge in [-0.1, -0.05) is 12.1 Å². The molecular formula is C25H23F4N5O5S. The first-order valence-corrected chi connectivity index (χ1v) is 13.4. The summed E-state index contributed by atoms with van der Waals surface area (Å²) in [7, 11) is -2.71. The second kappa shape index (κ2) is 10.6. The predicted molar refractivity (Wildman–Crippen MR) is 135 cm³/mol. The molecule has 10 nitrogen and oxygen atoms in total. The number of carbonyl (C=O) groups is 1. The number of ether oxygens (including phenoxy) is 2. The third-order valence-corrected chi connectivity index (χ3v) is 8.17. The van der Waals surface area contributed by atoms with Gasteiger partial charge in [-0.25, -0.2) is 14.4 Å². The van der Waals surface area contributed by atoms with E-state index in [1.54, 1.807) is 0 Å². The predicted octanol–water partition coefficient (Wildman–Crippen LogP) is 3.47. The summed E-state index contributed by atoms with van der Waals surface area (Å²) in [5.74, 6) is -1.22. The van der Waals surface area contributed by atoms with E-state index in [0.717, 1.165) is 18.2 Å². The maximum Gasteiger partial charge on any atom is 0.416 e. The number of amides is 1. The SMILES string of the molecule is COc1cc(-c2cccc(C(F)(F)F)c2)c(F)cc1N1C(=O)CO[C@@H]2CN(S(=O)(=O)Nc3ccncn3)CC[C@H]21. The van der Waals surface area contributed by atoms with E-state index in [2.05, 4.69) is 14.7 Å². The Bertz CT molecular complexity index is 1520. The number of methoxy groups -OCH3 is 1. The molecule has 1 aromatic heterocycles. The molecule has 40 heavy (non-hydrogen) atoms. The number of benzene rings is 2. The second-order valence-electron chi connectivity index (χ2n) is 9.11. The van der Waals surface area contributed by atoms with Crippen molar-refractivity contribution in [2.24, 2.45) is 0 Å². The van der Waals surface area contributed by atoms with Gasteiger partial charge in [0, 0.05) is 30.9 Å². The Kier molecular flexibility index (Phi) is 7.37. The van der Waals surface area contributed by atoms with Gasteiger partial charge in [-0.2, -0.15) is 25.9 Å². The van der Waals surface area contributed by atoms with Crippen LogP contribution >= 0.6 is 0 Å². The summed E-state index contributed by atoms with van der Waals surface area (Å²) >= 11 is 0. The van der Waals surface area contributed by atoms with Crippen LogP contribution in [0.4, 0.5) is 29.1 Å². The highest BCUT2D eigenvalue weighted by Crippen LogP contribution is 2.41. The van der Waals surface area contributed by atoms with Gasteiger partial charge < -0.3 is 14.4 Å². The Hall–Kier alpha value is -3.82. The molecule has 2 aliphatic heterocycles. The molecule has 0 aliphatic carbocycles. The first kappa shape index (κ1) is 27.7. The summed E-state index contributed by atoms with van der Waals surface area (Å²) in [5, 5.41) is 0. The van der Waals surface area contributed by atoms with E-state index in [1.165, 1.54) is 53.1 Å². The van der Waals surface area contributed by atoms with E-state index < -0.39 is 52.4 Å². The van der Waals surface area contributed by atoms with E-state index in [4.69, 9.17) is 9.47 Å². The van der Waals surface area contributed by atoms with E-state index in [1.807, 2.05) is 0 Å². The fourth-order valence-corrected chi connectivity index (χ4v) is 6.03. The van der Waals surface area contributed by atoms with E-state index >= 15 is 4.39 Å². The van der Waals surface area contributed by atoms with Gasteiger partial charge in [0.15, 0.2) is 0 Å². The summed E-state index contributed by atoms with van der Waals surface area (Å²) in [4.78, 5) is 21.9. The highest BCUT2D eigenvalue weighted by molar-refractivity contribution is 7.90. The molecule has 212 valence electrons. The molecule has 0 unspecified atom stereocenters. The quantitative estimate of drug-likeness (QED) is 0.444. The van der Waals surface area contributed by atoms with Crippen molar-refractivity contribution in [1.82, 2.24) is 14.3 Å². The van der Waals surface area contributed by atoms with Gasteiger partial charge >= 0.3 is 16.4 Å². The summed E-state index contributed by atoms with van der Waals surface area (Å²) in [6.45, 7) is -0.474. The zero-order chi connectivity index (χ0) is 28.7. The number of carbonyl (C=O) groups excluding carboxylic acids is 1. The van der Waals surface area contributed by atoms with Gasteiger partial charge in [-0.15, -0.1) is 0 Å². The fraction of sp³-hybridized carbons (Fsp3) is 0.320. The number of rotatable bonds is 6. The minimum atomic E-state index is -4.61. The number of halogens is 4.